The van der Waals surface area contributed by atoms with E-state index >= 15 is 0 Å². The highest BCUT2D eigenvalue weighted by Crippen LogP contribution is 2.28. The molecule has 1 atom stereocenters. The van der Waals surface area contributed by atoms with Crippen LogP contribution in [-0.4, -0.2) is 30.2 Å². The normalized spacial score (nSPS) is 11.5. The summed E-state index contributed by atoms with van der Waals surface area (Å²) in [5, 5.41) is 13.0. The van der Waals surface area contributed by atoms with E-state index in [0.29, 0.717) is 16.5 Å². The third-order valence-corrected chi connectivity index (χ3v) is 3.72. The summed E-state index contributed by atoms with van der Waals surface area (Å²) in [4.78, 5) is 24.3. The molecule has 0 saturated heterocycles. The number of nitrogens with one attached hydrogen (secondary N) is 1. The summed E-state index contributed by atoms with van der Waals surface area (Å²) in [6.45, 7) is 1.40. The number of halogens is 2. The summed E-state index contributed by atoms with van der Waals surface area (Å²) < 4.78 is 10.2. The lowest BCUT2D eigenvalue weighted by Crippen LogP contribution is -2.30. The minimum absolute atomic E-state index is 0.0932. The summed E-state index contributed by atoms with van der Waals surface area (Å²) >= 11 is 11.6. The number of rotatable bonds is 5. The van der Waals surface area contributed by atoms with Crippen LogP contribution in [0.3, 0.4) is 0 Å². The molecular weight excluding hydrogens is 369 g/mol. The highest BCUT2D eigenvalue weighted by Gasteiger charge is 2.22. The number of phenols is 1. The van der Waals surface area contributed by atoms with Crippen molar-refractivity contribution in [1.29, 1.82) is 0 Å². The number of aromatic hydroxyl groups is 1. The molecule has 0 heterocycles. The molecule has 2 N–H and O–H groups in total. The second-order valence-corrected chi connectivity index (χ2v) is 5.92. The van der Waals surface area contributed by atoms with Crippen molar-refractivity contribution in [3.63, 3.8) is 0 Å². The molecule has 0 aromatic heterocycles. The van der Waals surface area contributed by atoms with E-state index in [0.717, 1.165) is 0 Å². The number of phenolic OH excluding ortho intramolecular Hbond substituents is 1. The molecule has 0 radical (unpaired) electrons. The van der Waals surface area contributed by atoms with Crippen molar-refractivity contribution in [2.24, 2.45) is 0 Å². The predicted octanol–water partition coefficient (Wildman–Crippen LogP) is 3.89. The quantitative estimate of drug-likeness (QED) is 0.764. The van der Waals surface area contributed by atoms with Gasteiger partial charge in [-0.25, -0.2) is 4.79 Å². The van der Waals surface area contributed by atoms with Crippen molar-refractivity contribution in [2.45, 2.75) is 13.0 Å². The molecule has 2 aromatic rings. The summed E-state index contributed by atoms with van der Waals surface area (Å²) in [6.07, 6.45) is -1.12. The van der Waals surface area contributed by atoms with Crippen LogP contribution in [0, 0.1) is 0 Å². The van der Waals surface area contributed by atoms with Crippen LogP contribution in [0.25, 0.3) is 0 Å². The van der Waals surface area contributed by atoms with Crippen LogP contribution < -0.4 is 10.1 Å². The second-order valence-electron chi connectivity index (χ2n) is 5.04. The van der Waals surface area contributed by atoms with E-state index in [1.807, 2.05) is 0 Å². The number of hydrogen-bond acceptors (Lipinski definition) is 5. The van der Waals surface area contributed by atoms with E-state index in [9.17, 15) is 14.7 Å². The average Bonchev–Trinajstić information content (AvgIpc) is 2.54. The lowest BCUT2D eigenvalue weighted by atomic mass is 10.2. The fraction of sp³-hybridized carbons (Fsp3) is 0.176. The Morgan fingerprint density at radius 1 is 1.12 bits per heavy atom. The Morgan fingerprint density at radius 2 is 1.76 bits per heavy atom. The second kappa shape index (κ2) is 8.09. The van der Waals surface area contributed by atoms with Crippen molar-refractivity contribution in [1.82, 2.24) is 0 Å². The zero-order valence-corrected chi connectivity index (χ0v) is 14.9. The van der Waals surface area contributed by atoms with Gasteiger partial charge in [-0.1, -0.05) is 23.2 Å². The topological polar surface area (TPSA) is 84.9 Å². The Hall–Kier alpha value is -2.44. The zero-order valence-electron chi connectivity index (χ0n) is 13.4. The number of methoxy groups -OCH3 is 1. The maximum Gasteiger partial charge on any atom is 0.342 e. The largest absolute Gasteiger partial charge is 0.507 e. The van der Waals surface area contributed by atoms with Crippen molar-refractivity contribution < 1.29 is 24.2 Å². The maximum atomic E-state index is 12.2. The van der Waals surface area contributed by atoms with Crippen LogP contribution in [0.15, 0.2) is 36.4 Å². The van der Waals surface area contributed by atoms with Crippen LogP contribution in [0.1, 0.15) is 17.3 Å². The van der Waals surface area contributed by atoms with E-state index in [1.54, 1.807) is 12.1 Å². The fourth-order valence-corrected chi connectivity index (χ4v) is 2.31. The number of carbonyl (C=O) groups excluding carboxylic acids is 2. The average molecular weight is 384 g/mol. The van der Waals surface area contributed by atoms with Crippen molar-refractivity contribution >= 4 is 40.8 Å². The van der Waals surface area contributed by atoms with E-state index in [1.165, 1.54) is 38.3 Å². The molecule has 0 saturated carbocycles. The molecule has 0 spiro atoms. The van der Waals surface area contributed by atoms with Crippen LogP contribution >= 0.6 is 23.2 Å². The molecule has 2 aromatic carbocycles. The number of amides is 1. The van der Waals surface area contributed by atoms with E-state index < -0.39 is 18.0 Å². The van der Waals surface area contributed by atoms with Crippen molar-refractivity contribution in [3.05, 3.63) is 52.0 Å². The summed E-state index contributed by atoms with van der Waals surface area (Å²) in [7, 11) is 1.45. The monoisotopic (exact) mass is 383 g/mol. The van der Waals surface area contributed by atoms with Gasteiger partial charge >= 0.3 is 5.97 Å². The number of esters is 1. The third-order valence-electron chi connectivity index (χ3n) is 3.25. The molecule has 0 aliphatic rings. The Kier molecular flexibility index (Phi) is 6.12. The predicted molar refractivity (Wildman–Crippen MR) is 94.6 cm³/mol. The van der Waals surface area contributed by atoms with Crippen LogP contribution in [0.2, 0.25) is 10.0 Å². The van der Waals surface area contributed by atoms with Gasteiger partial charge in [-0.15, -0.1) is 0 Å². The van der Waals surface area contributed by atoms with Gasteiger partial charge in [-0.3, -0.25) is 4.79 Å². The highest BCUT2D eigenvalue weighted by atomic mass is 35.5. The molecule has 0 bridgehead atoms. The van der Waals surface area contributed by atoms with Crippen LogP contribution in [0.5, 0.6) is 11.5 Å². The first-order valence-corrected chi connectivity index (χ1v) is 7.91. The fourth-order valence-electron chi connectivity index (χ4n) is 1.97. The van der Waals surface area contributed by atoms with Gasteiger partial charge in [0.05, 0.1) is 12.8 Å². The third kappa shape index (κ3) is 4.78. The first kappa shape index (κ1) is 18.9. The summed E-state index contributed by atoms with van der Waals surface area (Å²) in [5.74, 6) is -1.36. The lowest BCUT2D eigenvalue weighted by molar-refractivity contribution is -0.123. The molecule has 0 aliphatic heterocycles. The van der Waals surface area contributed by atoms with Gasteiger partial charge in [0.25, 0.3) is 5.91 Å². The highest BCUT2D eigenvalue weighted by molar-refractivity contribution is 6.31. The standard InChI is InChI=1S/C17H15Cl2NO5/c1-9(25-17(23)12-5-3-11(19)8-14(12)21)16(22)20-13-7-10(18)4-6-15(13)24-2/h3-9,21H,1-2H3,(H,20,22)/t9-/m0/s1. The Labute approximate surface area is 154 Å². The number of carbonyl (C=O) groups is 2. The SMILES string of the molecule is COc1ccc(Cl)cc1NC(=O)[C@H](C)OC(=O)c1ccc(Cl)cc1O. The maximum absolute atomic E-state index is 12.2. The summed E-state index contributed by atoms with van der Waals surface area (Å²) in [5.41, 5.74) is 0.252. The molecule has 132 valence electrons. The summed E-state index contributed by atoms with van der Waals surface area (Å²) in [6, 6.07) is 8.67. The molecule has 1 amide bonds. The van der Waals surface area contributed by atoms with Crippen molar-refractivity contribution in [2.75, 3.05) is 12.4 Å². The molecular formula is C17H15Cl2NO5. The zero-order chi connectivity index (χ0) is 18.6. The first-order chi connectivity index (χ1) is 11.8. The van der Waals surface area contributed by atoms with Crippen molar-refractivity contribution in [3.8, 4) is 11.5 Å². The van der Waals surface area contributed by atoms with Gasteiger partial charge in [0.15, 0.2) is 6.10 Å². The number of anilines is 1. The van der Waals surface area contributed by atoms with Gasteiger partial charge in [-0.05, 0) is 43.3 Å². The Morgan fingerprint density at radius 3 is 2.40 bits per heavy atom. The molecule has 6 nitrogen and oxygen atoms in total. The van der Waals surface area contributed by atoms with Gasteiger partial charge < -0.3 is 19.9 Å². The minimum Gasteiger partial charge on any atom is -0.507 e. The van der Waals surface area contributed by atoms with E-state index in [4.69, 9.17) is 32.7 Å². The molecule has 2 rings (SSSR count). The van der Waals surface area contributed by atoms with Crippen LogP contribution in [-0.2, 0) is 9.53 Å². The number of ether oxygens (including phenoxy) is 2. The molecule has 0 unspecified atom stereocenters. The number of benzene rings is 2. The Bertz CT molecular complexity index is 810. The van der Waals surface area contributed by atoms with Gasteiger partial charge in [0.1, 0.15) is 17.1 Å². The smallest absolute Gasteiger partial charge is 0.342 e. The molecule has 8 heteroatoms. The number of hydrogen-bond donors (Lipinski definition) is 2. The Balaban J connectivity index is 2.07. The van der Waals surface area contributed by atoms with Crippen LogP contribution in [0.4, 0.5) is 5.69 Å². The van der Waals surface area contributed by atoms with Gasteiger partial charge in [0, 0.05) is 10.0 Å². The minimum atomic E-state index is -1.12. The lowest BCUT2D eigenvalue weighted by Gasteiger charge is -2.15. The van der Waals surface area contributed by atoms with E-state index in [-0.39, 0.29) is 16.3 Å². The first-order valence-electron chi connectivity index (χ1n) is 7.15. The molecule has 0 fully saturated rings. The van der Waals surface area contributed by atoms with E-state index in [2.05, 4.69) is 5.32 Å². The van der Waals surface area contributed by atoms with Gasteiger partial charge in [0.2, 0.25) is 0 Å². The molecule has 0 aliphatic carbocycles. The molecule has 25 heavy (non-hydrogen) atoms. The van der Waals surface area contributed by atoms with Gasteiger partial charge in [-0.2, -0.15) is 0 Å².